The Kier molecular flexibility index (Phi) is 49.5. The van der Waals surface area contributed by atoms with Crippen molar-refractivity contribution in [2.24, 2.45) is 0 Å². The molecule has 1 nitrogen and oxygen atoms in total. The van der Waals surface area contributed by atoms with E-state index in [0.29, 0.717) is 0 Å². The molecular formula is C47H83N. The molecule has 0 unspecified atom stereocenters. The summed E-state index contributed by atoms with van der Waals surface area (Å²) in [5.41, 5.74) is 9.05. The van der Waals surface area contributed by atoms with Gasteiger partial charge in [-0.15, -0.1) is 0 Å². The van der Waals surface area contributed by atoms with Crippen LogP contribution in [-0.2, 0) is 5.41 Å². The molecule has 0 atom stereocenters. The van der Waals surface area contributed by atoms with E-state index in [4.69, 9.17) is 0 Å². The molecule has 0 heterocycles. The van der Waals surface area contributed by atoms with E-state index in [-0.39, 0.29) is 5.41 Å². The smallest absolute Gasteiger partial charge is 0.0543 e. The summed E-state index contributed by atoms with van der Waals surface area (Å²) in [5.74, 6) is 0. The fourth-order valence-corrected chi connectivity index (χ4v) is 4.50. The molecule has 276 valence electrons. The quantitative estimate of drug-likeness (QED) is 0.211. The average Bonchev–Trinajstić information content (AvgIpc) is 3.47. The summed E-state index contributed by atoms with van der Waals surface area (Å²) in [6.45, 7) is 44.7. The highest BCUT2D eigenvalue weighted by Gasteiger charge is 2.37. The maximum Gasteiger partial charge on any atom is 0.0543 e. The van der Waals surface area contributed by atoms with Crippen molar-refractivity contribution < 1.29 is 0 Å². The number of hydrogen-bond acceptors (Lipinski definition) is 1. The lowest BCUT2D eigenvalue weighted by Gasteiger charge is -2.28. The van der Waals surface area contributed by atoms with E-state index in [1.807, 2.05) is 138 Å². The molecule has 1 heteroatoms. The van der Waals surface area contributed by atoms with Gasteiger partial charge in [-0.3, -0.25) is 0 Å². The van der Waals surface area contributed by atoms with Crippen LogP contribution >= 0.6 is 0 Å². The molecule has 0 spiro atoms. The van der Waals surface area contributed by atoms with Crippen LogP contribution in [0.15, 0.2) is 103 Å². The summed E-state index contributed by atoms with van der Waals surface area (Å²) in [6, 6.07) is 36.8. The third kappa shape index (κ3) is 17.2. The van der Waals surface area contributed by atoms with E-state index in [2.05, 4.69) is 122 Å². The Bertz CT molecular complexity index is 1090. The molecule has 0 radical (unpaired) electrons. The largest absolute Gasteiger partial charge is 0.310 e. The fourth-order valence-electron chi connectivity index (χ4n) is 4.50. The van der Waals surface area contributed by atoms with Gasteiger partial charge >= 0.3 is 0 Å². The van der Waals surface area contributed by atoms with E-state index in [9.17, 15) is 0 Å². The van der Waals surface area contributed by atoms with Crippen molar-refractivity contribution in [3.8, 4) is 11.1 Å². The predicted octanol–water partition coefficient (Wildman–Crippen LogP) is 17.7. The predicted molar refractivity (Wildman–Crippen MR) is 232 cm³/mol. The molecule has 0 aliphatic heterocycles. The minimum absolute atomic E-state index is 0.000975. The lowest BCUT2D eigenvalue weighted by molar-refractivity contribution is 0.660. The van der Waals surface area contributed by atoms with Crippen molar-refractivity contribution in [1.82, 2.24) is 0 Å². The molecule has 4 aromatic rings. The Hall–Kier alpha value is -3.32. The van der Waals surface area contributed by atoms with Gasteiger partial charge in [0.2, 0.25) is 0 Å². The van der Waals surface area contributed by atoms with E-state index in [0.717, 1.165) is 0 Å². The van der Waals surface area contributed by atoms with Gasteiger partial charge in [0.05, 0.1) is 5.69 Å². The van der Waals surface area contributed by atoms with Crippen LogP contribution in [0.1, 0.15) is 163 Å². The van der Waals surface area contributed by atoms with Crippen LogP contribution in [0.3, 0.4) is 0 Å². The lowest BCUT2D eigenvalue weighted by Crippen LogP contribution is -2.15. The third-order valence-electron chi connectivity index (χ3n) is 5.86. The maximum atomic E-state index is 2.37. The van der Waals surface area contributed by atoms with Gasteiger partial charge in [0.25, 0.3) is 0 Å². The normalized spacial score (nSPS) is 9.21. The van der Waals surface area contributed by atoms with Gasteiger partial charge in [-0.25, -0.2) is 0 Å². The van der Waals surface area contributed by atoms with Crippen molar-refractivity contribution >= 4 is 17.1 Å². The van der Waals surface area contributed by atoms with Crippen LogP contribution in [-0.4, -0.2) is 0 Å². The zero-order valence-electron chi connectivity index (χ0n) is 36.3. The van der Waals surface area contributed by atoms with Gasteiger partial charge < -0.3 is 4.90 Å². The Labute approximate surface area is 304 Å². The van der Waals surface area contributed by atoms with Gasteiger partial charge in [-0.1, -0.05) is 225 Å². The SMILES string of the molecule is CC.CC.CC.CC.CC.CC.CC.CC.CC.CC.CC1(C)c2ccccc2-c2c(N(c3ccccc3)c3ccccc3)cccc21. The van der Waals surface area contributed by atoms with Crippen LogP contribution < -0.4 is 4.90 Å². The maximum absolute atomic E-state index is 2.37. The molecule has 48 heavy (non-hydrogen) atoms. The molecule has 0 aromatic heterocycles. The molecule has 0 saturated carbocycles. The van der Waals surface area contributed by atoms with Crippen LogP contribution in [0.2, 0.25) is 0 Å². The zero-order valence-corrected chi connectivity index (χ0v) is 36.3. The topological polar surface area (TPSA) is 3.24 Å². The van der Waals surface area contributed by atoms with Crippen molar-refractivity contribution in [2.45, 2.75) is 158 Å². The van der Waals surface area contributed by atoms with Crippen LogP contribution in [0.4, 0.5) is 17.1 Å². The van der Waals surface area contributed by atoms with E-state index in [1.54, 1.807) is 0 Å². The van der Waals surface area contributed by atoms with E-state index in [1.165, 1.54) is 39.3 Å². The summed E-state index contributed by atoms with van der Waals surface area (Å²) >= 11 is 0. The molecule has 0 bridgehead atoms. The number of anilines is 3. The van der Waals surface area contributed by atoms with E-state index >= 15 is 0 Å². The first-order chi connectivity index (χ1) is 23.7. The van der Waals surface area contributed by atoms with Gasteiger partial charge in [-0.05, 0) is 47.0 Å². The summed E-state index contributed by atoms with van der Waals surface area (Å²) in [7, 11) is 0. The Morgan fingerprint density at radius 2 is 0.646 bits per heavy atom. The molecule has 1 aliphatic carbocycles. The number of rotatable bonds is 3. The second-order valence-electron chi connectivity index (χ2n) is 7.88. The second-order valence-corrected chi connectivity index (χ2v) is 7.88. The summed E-state index contributed by atoms with van der Waals surface area (Å²) in [4.78, 5) is 2.37. The van der Waals surface area contributed by atoms with Crippen molar-refractivity contribution in [1.29, 1.82) is 0 Å². The zero-order chi connectivity index (χ0) is 39.1. The van der Waals surface area contributed by atoms with Gasteiger partial charge in [-0.2, -0.15) is 0 Å². The Morgan fingerprint density at radius 3 is 1.02 bits per heavy atom. The third-order valence-corrected chi connectivity index (χ3v) is 5.86. The molecule has 1 aliphatic rings. The summed E-state index contributed by atoms with van der Waals surface area (Å²) in [6.07, 6.45) is 0. The highest BCUT2D eigenvalue weighted by molar-refractivity contribution is 5.94. The molecular weight excluding hydrogens is 579 g/mol. The van der Waals surface area contributed by atoms with Crippen molar-refractivity contribution in [2.75, 3.05) is 4.90 Å². The monoisotopic (exact) mass is 662 g/mol. The molecule has 0 amide bonds. The molecule has 0 fully saturated rings. The average molecular weight is 662 g/mol. The van der Waals surface area contributed by atoms with Gasteiger partial charge in [0.15, 0.2) is 0 Å². The standard InChI is InChI=1S/C27H23N.10C2H6/c1-27(2)23-17-10-9-16-22(23)26-24(27)18-11-19-25(26)28(20-12-5-3-6-13-20)21-14-7-4-8-15-21;10*1-2/h3-19H,1-2H3;10*1-2H3. The number of hydrogen-bond donors (Lipinski definition) is 0. The molecule has 0 N–H and O–H groups in total. The Morgan fingerprint density at radius 1 is 0.333 bits per heavy atom. The number of nitrogens with zero attached hydrogens (tertiary/aromatic N) is 1. The van der Waals surface area contributed by atoms with Gasteiger partial charge in [0, 0.05) is 22.4 Å². The minimum atomic E-state index is 0.000975. The van der Waals surface area contributed by atoms with Crippen LogP contribution in [0.25, 0.3) is 11.1 Å². The van der Waals surface area contributed by atoms with Crippen molar-refractivity contribution in [3.63, 3.8) is 0 Å². The lowest BCUT2D eigenvalue weighted by atomic mass is 9.82. The highest BCUT2D eigenvalue weighted by atomic mass is 15.1. The van der Waals surface area contributed by atoms with Crippen molar-refractivity contribution in [3.05, 3.63) is 114 Å². The highest BCUT2D eigenvalue weighted by Crippen LogP contribution is 2.53. The van der Waals surface area contributed by atoms with Crippen LogP contribution in [0, 0.1) is 0 Å². The first-order valence-electron chi connectivity index (χ1n) is 19.8. The second kappa shape index (κ2) is 41.7. The number of para-hydroxylation sites is 2. The van der Waals surface area contributed by atoms with Crippen LogP contribution in [0.5, 0.6) is 0 Å². The first-order valence-corrected chi connectivity index (χ1v) is 19.8. The Balaban J connectivity index is -0.000000191. The molecule has 5 rings (SSSR count). The van der Waals surface area contributed by atoms with E-state index < -0.39 is 0 Å². The molecule has 4 aromatic carbocycles. The fraction of sp³-hybridized carbons (Fsp3) is 0.489. The summed E-state index contributed by atoms with van der Waals surface area (Å²) < 4.78 is 0. The summed E-state index contributed by atoms with van der Waals surface area (Å²) in [5, 5.41) is 0. The van der Waals surface area contributed by atoms with Gasteiger partial charge in [0.1, 0.15) is 0 Å². The number of benzene rings is 4. The minimum Gasteiger partial charge on any atom is -0.310 e. The first kappa shape index (κ1) is 57.0. The molecule has 0 saturated heterocycles. The number of fused-ring (bicyclic) bond motifs is 3.